The minimum Gasteiger partial charge on any atom is -0.269 e. The highest BCUT2D eigenvalue weighted by Crippen LogP contribution is 2.22. The van der Waals surface area contributed by atoms with Gasteiger partial charge >= 0.3 is 0 Å². The molecule has 5 nitrogen and oxygen atoms in total. The van der Waals surface area contributed by atoms with E-state index in [1.165, 1.54) is 6.07 Å². The Morgan fingerprint density at radius 1 is 1.16 bits per heavy atom. The van der Waals surface area contributed by atoms with Crippen LogP contribution in [0.5, 0.6) is 0 Å². The van der Waals surface area contributed by atoms with E-state index in [0.29, 0.717) is 11.6 Å². The summed E-state index contributed by atoms with van der Waals surface area (Å²) >= 11 is 5.82. The second-order valence-electron chi connectivity index (χ2n) is 4.73. The average Bonchev–Trinajstić information content (AvgIpc) is 2.52. The van der Waals surface area contributed by atoms with Crippen LogP contribution in [-0.2, 0) is 0 Å². The van der Waals surface area contributed by atoms with E-state index in [0.717, 1.165) is 27.3 Å². The van der Waals surface area contributed by atoms with E-state index in [-0.39, 0.29) is 16.5 Å². The Morgan fingerprint density at radius 3 is 2.44 bits per heavy atom. The van der Waals surface area contributed by atoms with Crippen molar-refractivity contribution in [2.45, 2.75) is 6.92 Å². The van der Waals surface area contributed by atoms with Crippen LogP contribution in [0, 0.1) is 18.7 Å². The monoisotopic (exact) mass is 375 g/mol. The van der Waals surface area contributed by atoms with E-state index in [4.69, 9.17) is 11.6 Å². The smallest absolute Gasteiger partial charge is 0.269 e. The normalized spacial score (nSPS) is 10.5. The first-order valence-corrected chi connectivity index (χ1v) is 7.07. The molecular formula is C15H10ClF4N3O2. The van der Waals surface area contributed by atoms with E-state index < -0.39 is 29.8 Å². The van der Waals surface area contributed by atoms with E-state index >= 15 is 0 Å². The third-order valence-corrected chi connectivity index (χ3v) is 3.56. The maximum absolute atomic E-state index is 14.2. The van der Waals surface area contributed by atoms with Gasteiger partial charge in [0.05, 0.1) is 11.8 Å². The second kappa shape index (κ2) is 7.47. The summed E-state index contributed by atoms with van der Waals surface area (Å²) in [6.45, 7) is -0.123. The van der Waals surface area contributed by atoms with Gasteiger partial charge in [0.2, 0.25) is 18.7 Å². The quantitative estimate of drug-likeness (QED) is 0.485. The highest BCUT2D eigenvalue weighted by Gasteiger charge is 2.15. The number of fused-ring (bicyclic) bond motifs is 1. The lowest BCUT2D eigenvalue weighted by molar-refractivity contribution is 0.295. The van der Waals surface area contributed by atoms with Gasteiger partial charge < -0.3 is 0 Å². The summed E-state index contributed by atoms with van der Waals surface area (Å²) < 4.78 is 48.9. The molecule has 0 unspecified atom stereocenters. The number of aryl methyl sites for hydroxylation is 1. The largest absolute Gasteiger partial charge is 0.274 e. The SMILES string of the molecule is Cc1cc(-n2c(=O)cc(F)n3ccc(=O)nc23)c(F)cc1Cl.FCF. The van der Waals surface area contributed by atoms with Gasteiger partial charge in [0, 0.05) is 17.3 Å². The van der Waals surface area contributed by atoms with E-state index in [2.05, 4.69) is 4.98 Å². The number of halogens is 5. The van der Waals surface area contributed by atoms with Crippen molar-refractivity contribution < 1.29 is 17.6 Å². The zero-order chi connectivity index (χ0) is 18.7. The van der Waals surface area contributed by atoms with Gasteiger partial charge in [-0.2, -0.15) is 9.37 Å². The number of benzene rings is 1. The van der Waals surface area contributed by atoms with E-state index in [1.807, 2.05) is 0 Å². The summed E-state index contributed by atoms with van der Waals surface area (Å²) in [5.41, 5.74) is -1.17. The number of hydrogen-bond donors (Lipinski definition) is 0. The molecule has 2 heterocycles. The molecule has 0 spiro atoms. The topological polar surface area (TPSA) is 56.4 Å². The average molecular weight is 376 g/mol. The molecule has 0 atom stereocenters. The predicted octanol–water partition coefficient (Wildman–Crippen LogP) is 2.97. The highest BCUT2D eigenvalue weighted by molar-refractivity contribution is 6.31. The van der Waals surface area contributed by atoms with Gasteiger partial charge in [-0.1, -0.05) is 11.6 Å². The molecule has 0 fully saturated rings. The molecule has 25 heavy (non-hydrogen) atoms. The van der Waals surface area contributed by atoms with Crippen molar-refractivity contribution in [3.63, 3.8) is 0 Å². The third kappa shape index (κ3) is 3.71. The Hall–Kier alpha value is -2.68. The van der Waals surface area contributed by atoms with Crippen LogP contribution in [0.2, 0.25) is 5.02 Å². The van der Waals surface area contributed by atoms with Crippen LogP contribution in [0.3, 0.4) is 0 Å². The van der Waals surface area contributed by atoms with Gasteiger partial charge in [-0.3, -0.25) is 14.0 Å². The van der Waals surface area contributed by atoms with Gasteiger partial charge in [0.25, 0.3) is 11.1 Å². The molecule has 0 saturated heterocycles. The van der Waals surface area contributed by atoms with Crippen molar-refractivity contribution in [2.24, 2.45) is 0 Å². The van der Waals surface area contributed by atoms with Crippen LogP contribution >= 0.6 is 11.6 Å². The van der Waals surface area contributed by atoms with Crippen LogP contribution in [-0.4, -0.2) is 20.9 Å². The zero-order valence-corrected chi connectivity index (χ0v) is 13.4. The maximum Gasteiger partial charge on any atom is 0.274 e. The molecule has 0 N–H and O–H groups in total. The molecular weight excluding hydrogens is 366 g/mol. The lowest BCUT2D eigenvalue weighted by Crippen LogP contribution is -2.26. The number of hydrogen-bond acceptors (Lipinski definition) is 3. The van der Waals surface area contributed by atoms with Crippen molar-refractivity contribution in [1.82, 2.24) is 14.0 Å². The van der Waals surface area contributed by atoms with Gasteiger partial charge in [-0.05, 0) is 24.6 Å². The first kappa shape index (κ1) is 18.7. The van der Waals surface area contributed by atoms with Crippen molar-refractivity contribution in [3.05, 3.63) is 73.5 Å². The number of nitrogens with zero attached hydrogens (tertiary/aromatic N) is 3. The molecule has 132 valence electrons. The lowest BCUT2D eigenvalue weighted by Gasteiger charge is -2.12. The lowest BCUT2D eigenvalue weighted by atomic mass is 10.2. The Morgan fingerprint density at radius 2 is 1.80 bits per heavy atom. The molecule has 0 saturated carbocycles. The molecule has 1 aromatic carbocycles. The summed E-state index contributed by atoms with van der Waals surface area (Å²) in [6, 6.07) is 4.09. The Balaban J connectivity index is 0.000000701. The number of alkyl halides is 2. The van der Waals surface area contributed by atoms with Crippen LogP contribution in [0.4, 0.5) is 17.6 Å². The Kier molecular flexibility index (Phi) is 5.58. The minimum atomic E-state index is -1.75. The fourth-order valence-electron chi connectivity index (χ4n) is 2.09. The van der Waals surface area contributed by atoms with Crippen LogP contribution in [0.15, 0.2) is 40.1 Å². The zero-order valence-electron chi connectivity index (χ0n) is 12.6. The minimum absolute atomic E-state index is 0.164. The summed E-state index contributed by atoms with van der Waals surface area (Å²) in [6.07, 6.45) is 1.12. The van der Waals surface area contributed by atoms with Crippen molar-refractivity contribution in [2.75, 3.05) is 6.93 Å². The number of rotatable bonds is 1. The van der Waals surface area contributed by atoms with Crippen molar-refractivity contribution in [1.29, 1.82) is 0 Å². The van der Waals surface area contributed by atoms with Crippen LogP contribution < -0.4 is 11.1 Å². The molecule has 0 radical (unpaired) electrons. The van der Waals surface area contributed by atoms with Crippen LogP contribution in [0.1, 0.15) is 5.56 Å². The van der Waals surface area contributed by atoms with Gasteiger partial charge in [0.15, 0.2) is 0 Å². The fraction of sp³-hybridized carbons (Fsp3) is 0.133. The Labute approximate surface area is 142 Å². The maximum atomic E-state index is 14.2. The van der Waals surface area contributed by atoms with E-state index in [9.17, 15) is 27.2 Å². The summed E-state index contributed by atoms with van der Waals surface area (Å²) in [5, 5.41) is 0.186. The molecule has 0 aliphatic heterocycles. The summed E-state index contributed by atoms with van der Waals surface area (Å²) in [5.74, 6) is -2.02. The predicted molar refractivity (Wildman–Crippen MR) is 83.8 cm³/mol. The second-order valence-corrected chi connectivity index (χ2v) is 5.14. The molecule has 3 rings (SSSR count). The standard InChI is InChI=1S/C14H8ClF2N3O2.CH2F2/c1-7-4-10(9(16)5-8(7)15)20-13(22)6-11(17)19-3-2-12(21)18-14(19)20;2-1-3/h2-6H,1H3;1H2. The first-order chi connectivity index (χ1) is 11.8. The number of aromatic nitrogens is 3. The molecule has 3 aromatic rings. The molecule has 0 bridgehead atoms. The third-order valence-electron chi connectivity index (χ3n) is 3.15. The molecule has 0 aliphatic carbocycles. The highest BCUT2D eigenvalue weighted by atomic mass is 35.5. The Bertz CT molecular complexity index is 1050. The van der Waals surface area contributed by atoms with Crippen LogP contribution in [0.25, 0.3) is 11.5 Å². The van der Waals surface area contributed by atoms with Gasteiger partial charge in [-0.15, -0.1) is 0 Å². The van der Waals surface area contributed by atoms with E-state index in [1.54, 1.807) is 6.92 Å². The van der Waals surface area contributed by atoms with Gasteiger partial charge in [-0.25, -0.2) is 17.7 Å². The van der Waals surface area contributed by atoms with Crippen molar-refractivity contribution in [3.8, 4) is 5.69 Å². The van der Waals surface area contributed by atoms with Crippen molar-refractivity contribution >= 4 is 17.4 Å². The summed E-state index contributed by atoms with van der Waals surface area (Å²) in [4.78, 5) is 27.1. The summed E-state index contributed by atoms with van der Waals surface area (Å²) in [7, 11) is 0. The molecule has 10 heteroatoms. The molecule has 0 aliphatic rings. The molecule has 2 aromatic heterocycles. The molecule has 0 amide bonds. The first-order valence-electron chi connectivity index (χ1n) is 6.69. The van der Waals surface area contributed by atoms with Gasteiger partial charge in [0.1, 0.15) is 5.82 Å². The fourth-order valence-corrected chi connectivity index (χ4v) is 2.24.